The van der Waals surface area contributed by atoms with Gasteiger partial charge in [0.25, 0.3) is 0 Å². The number of aliphatic hydroxyl groups excluding tert-OH is 2. The van der Waals surface area contributed by atoms with E-state index in [1.54, 1.807) is 20.8 Å². The Hall–Kier alpha value is -2.49. The second-order valence-electron chi connectivity index (χ2n) is 5.97. The lowest BCUT2D eigenvalue weighted by Gasteiger charge is -2.00. The molecular formula is C20H32O9. The molecule has 1 rings (SSSR count). The fourth-order valence-electron chi connectivity index (χ4n) is 1.07. The number of carbonyl (C=O) groups is 3. The van der Waals surface area contributed by atoms with E-state index < -0.39 is 11.9 Å². The highest BCUT2D eigenvalue weighted by molar-refractivity contribution is 5.87. The topological polar surface area (TPSA) is 132 Å². The van der Waals surface area contributed by atoms with Crippen molar-refractivity contribution >= 4 is 17.9 Å². The monoisotopic (exact) mass is 416 g/mol. The highest BCUT2D eigenvalue weighted by Crippen LogP contribution is 2.09. The molecule has 0 radical (unpaired) electrons. The molecule has 9 heteroatoms. The molecule has 0 saturated carbocycles. The van der Waals surface area contributed by atoms with E-state index in [0.29, 0.717) is 36.4 Å². The lowest BCUT2D eigenvalue weighted by Crippen LogP contribution is -2.09. The summed E-state index contributed by atoms with van der Waals surface area (Å²) in [6.07, 6.45) is 0.627. The van der Waals surface area contributed by atoms with Crippen LogP contribution in [-0.4, -0.2) is 73.9 Å². The van der Waals surface area contributed by atoms with Crippen molar-refractivity contribution < 1.29 is 43.5 Å². The molecule has 1 atom stereocenters. The summed E-state index contributed by atoms with van der Waals surface area (Å²) in [5.41, 5.74) is 1.17. The van der Waals surface area contributed by atoms with Crippen LogP contribution in [0.1, 0.15) is 27.2 Å². The lowest BCUT2D eigenvalue weighted by atomic mass is 10.4. The third-order valence-electron chi connectivity index (χ3n) is 2.71. The molecule has 0 bridgehead atoms. The Labute approximate surface area is 171 Å². The Balaban J connectivity index is 0. The van der Waals surface area contributed by atoms with Gasteiger partial charge < -0.3 is 29.2 Å². The summed E-state index contributed by atoms with van der Waals surface area (Å²) in [4.78, 5) is 31.8. The van der Waals surface area contributed by atoms with Gasteiger partial charge in [0, 0.05) is 29.7 Å². The molecular weight excluding hydrogens is 384 g/mol. The first kappa shape index (κ1) is 28.7. The Morgan fingerprint density at radius 1 is 0.828 bits per heavy atom. The summed E-state index contributed by atoms with van der Waals surface area (Å²) in [7, 11) is 0. The number of aliphatic hydroxyl groups is 2. The molecule has 0 spiro atoms. The molecule has 0 aromatic rings. The Kier molecular flexibility index (Phi) is 17.4. The third-order valence-corrected chi connectivity index (χ3v) is 2.71. The van der Waals surface area contributed by atoms with Crippen molar-refractivity contribution in [1.29, 1.82) is 0 Å². The summed E-state index contributed by atoms with van der Waals surface area (Å²) in [6, 6.07) is 0. The molecule has 9 nitrogen and oxygen atoms in total. The molecule has 1 saturated heterocycles. The van der Waals surface area contributed by atoms with Crippen LogP contribution in [0.5, 0.6) is 0 Å². The maximum absolute atomic E-state index is 10.7. The van der Waals surface area contributed by atoms with Gasteiger partial charge in [-0.3, -0.25) is 0 Å². The van der Waals surface area contributed by atoms with Gasteiger partial charge in [-0.2, -0.15) is 0 Å². The van der Waals surface area contributed by atoms with Crippen LogP contribution in [-0.2, 0) is 33.3 Å². The average molecular weight is 416 g/mol. The fourth-order valence-corrected chi connectivity index (χ4v) is 1.07. The van der Waals surface area contributed by atoms with Gasteiger partial charge in [0.15, 0.2) is 0 Å². The molecule has 1 fully saturated rings. The van der Waals surface area contributed by atoms with Crippen molar-refractivity contribution in [3.05, 3.63) is 36.5 Å². The van der Waals surface area contributed by atoms with Gasteiger partial charge >= 0.3 is 17.9 Å². The second kappa shape index (κ2) is 17.6. The first-order valence-electron chi connectivity index (χ1n) is 8.87. The predicted octanol–water partition coefficient (Wildman–Crippen LogP) is 1.09. The van der Waals surface area contributed by atoms with E-state index in [9.17, 15) is 14.4 Å². The number of epoxide rings is 1. The van der Waals surface area contributed by atoms with Crippen molar-refractivity contribution in [1.82, 2.24) is 0 Å². The van der Waals surface area contributed by atoms with Gasteiger partial charge in [0.05, 0.1) is 19.8 Å². The molecule has 29 heavy (non-hydrogen) atoms. The molecule has 1 unspecified atom stereocenters. The van der Waals surface area contributed by atoms with E-state index in [0.717, 1.165) is 0 Å². The van der Waals surface area contributed by atoms with Crippen LogP contribution in [0.25, 0.3) is 0 Å². The van der Waals surface area contributed by atoms with Crippen LogP contribution in [0.2, 0.25) is 0 Å². The summed E-state index contributed by atoms with van der Waals surface area (Å²) in [5, 5.41) is 16.5. The van der Waals surface area contributed by atoms with Crippen LogP contribution in [0.3, 0.4) is 0 Å². The van der Waals surface area contributed by atoms with Crippen molar-refractivity contribution in [3.8, 4) is 0 Å². The molecule has 2 N–H and O–H groups in total. The minimum absolute atomic E-state index is 0.0451. The standard InChI is InChI=1S/C7H10O3.C7H12O3.C6H10O3/c1-5(2)7(8)10-4-6-3-9-6;1-6(2)7(9)10-5-3-4-8;1-5(2)6(8)9-4-3-7/h6H,1,3-4H2,2H3;8H,1,3-5H2,2H3;7H,1,3-4H2,2H3. The Morgan fingerprint density at radius 3 is 1.59 bits per heavy atom. The minimum Gasteiger partial charge on any atom is -0.462 e. The average Bonchev–Trinajstić information content (AvgIpc) is 3.49. The first-order chi connectivity index (χ1) is 13.6. The summed E-state index contributed by atoms with van der Waals surface area (Å²) in [5.74, 6) is -1.19. The minimum atomic E-state index is -0.455. The van der Waals surface area contributed by atoms with Crippen molar-refractivity contribution in [2.75, 3.05) is 39.6 Å². The van der Waals surface area contributed by atoms with Crippen LogP contribution >= 0.6 is 0 Å². The Morgan fingerprint density at radius 2 is 1.24 bits per heavy atom. The molecule has 1 heterocycles. The van der Waals surface area contributed by atoms with E-state index in [1.165, 1.54) is 0 Å². The number of hydrogen-bond donors (Lipinski definition) is 2. The third kappa shape index (κ3) is 20.1. The van der Waals surface area contributed by atoms with Gasteiger partial charge in [0.1, 0.15) is 19.3 Å². The molecule has 0 aromatic carbocycles. The summed E-state index contributed by atoms with van der Waals surface area (Å²) < 4.78 is 18.7. The zero-order chi connectivity index (χ0) is 22.8. The van der Waals surface area contributed by atoms with E-state index in [1.807, 2.05) is 0 Å². The number of rotatable bonds is 10. The van der Waals surface area contributed by atoms with Crippen molar-refractivity contribution in [3.63, 3.8) is 0 Å². The first-order valence-corrected chi connectivity index (χ1v) is 8.87. The van der Waals surface area contributed by atoms with Gasteiger partial charge in [0.2, 0.25) is 0 Å². The van der Waals surface area contributed by atoms with Crippen LogP contribution in [0.15, 0.2) is 36.5 Å². The maximum atomic E-state index is 10.7. The van der Waals surface area contributed by atoms with Gasteiger partial charge in [-0.1, -0.05) is 19.7 Å². The van der Waals surface area contributed by atoms with E-state index in [2.05, 4.69) is 29.2 Å². The van der Waals surface area contributed by atoms with Crippen molar-refractivity contribution in [2.24, 2.45) is 0 Å². The highest BCUT2D eigenvalue weighted by Gasteiger charge is 2.24. The smallest absolute Gasteiger partial charge is 0.333 e. The SMILES string of the molecule is C=C(C)C(=O)OCC1CO1.C=C(C)C(=O)OCCCO.C=C(C)C(=O)OCCO. The molecule has 1 aliphatic heterocycles. The van der Waals surface area contributed by atoms with E-state index >= 15 is 0 Å². The Bertz CT molecular complexity index is 562. The maximum Gasteiger partial charge on any atom is 0.333 e. The molecule has 1 aliphatic rings. The number of esters is 3. The van der Waals surface area contributed by atoms with Crippen LogP contribution in [0.4, 0.5) is 0 Å². The zero-order valence-corrected chi connectivity index (χ0v) is 17.4. The van der Waals surface area contributed by atoms with Gasteiger partial charge in [-0.25, -0.2) is 14.4 Å². The second-order valence-corrected chi connectivity index (χ2v) is 5.97. The predicted molar refractivity (Wildman–Crippen MR) is 106 cm³/mol. The number of ether oxygens (including phenoxy) is 4. The normalized spacial score (nSPS) is 13.3. The van der Waals surface area contributed by atoms with Gasteiger partial charge in [-0.15, -0.1) is 0 Å². The van der Waals surface area contributed by atoms with Crippen molar-refractivity contribution in [2.45, 2.75) is 33.3 Å². The fraction of sp³-hybridized carbons (Fsp3) is 0.550. The largest absolute Gasteiger partial charge is 0.462 e. The molecule has 0 aliphatic carbocycles. The van der Waals surface area contributed by atoms with Crippen LogP contribution in [0, 0.1) is 0 Å². The number of carbonyl (C=O) groups excluding carboxylic acids is 3. The number of hydrogen-bond acceptors (Lipinski definition) is 9. The lowest BCUT2D eigenvalue weighted by molar-refractivity contribution is -0.140. The zero-order valence-electron chi connectivity index (χ0n) is 17.4. The molecule has 0 aromatic heterocycles. The molecule has 0 amide bonds. The quantitative estimate of drug-likeness (QED) is 0.177. The molecule has 166 valence electrons. The summed E-state index contributed by atoms with van der Waals surface area (Å²) in [6.45, 7) is 16.2. The van der Waals surface area contributed by atoms with Crippen LogP contribution < -0.4 is 0 Å². The highest BCUT2D eigenvalue weighted by atomic mass is 16.6. The van der Waals surface area contributed by atoms with Gasteiger partial charge in [-0.05, 0) is 20.8 Å². The van der Waals surface area contributed by atoms with E-state index in [-0.39, 0.29) is 38.5 Å². The summed E-state index contributed by atoms with van der Waals surface area (Å²) >= 11 is 0. The van der Waals surface area contributed by atoms with E-state index in [4.69, 9.17) is 19.7 Å².